The Morgan fingerprint density at radius 2 is 1.53 bits per heavy atom. The number of piperazine rings is 1. The smallest absolute Gasteiger partial charge is 0.246 e. The predicted octanol–water partition coefficient (Wildman–Crippen LogP) is 4.32. The highest BCUT2D eigenvalue weighted by Gasteiger charge is 2.33. The Morgan fingerprint density at radius 3 is 2.19 bits per heavy atom. The van der Waals surface area contributed by atoms with Crippen LogP contribution in [0.4, 0.5) is 10.1 Å². The summed E-state index contributed by atoms with van der Waals surface area (Å²) in [5.41, 5.74) is 2.24. The molecule has 1 saturated heterocycles. The van der Waals surface area contributed by atoms with Gasteiger partial charge in [0.15, 0.2) is 0 Å². The van der Waals surface area contributed by atoms with Crippen LogP contribution in [0.1, 0.15) is 31.7 Å². The molecule has 8 heteroatoms. The maximum absolute atomic E-state index is 13.7. The molecule has 0 radical (unpaired) electrons. The Balaban J connectivity index is 1.42. The van der Waals surface area contributed by atoms with Crippen LogP contribution in [0.15, 0.2) is 65.7 Å². The minimum atomic E-state index is -3.70. The van der Waals surface area contributed by atoms with E-state index in [-0.39, 0.29) is 16.8 Å². The van der Waals surface area contributed by atoms with Crippen LogP contribution >= 0.6 is 0 Å². The second-order valence-electron chi connectivity index (χ2n) is 8.49. The molecule has 2 fully saturated rings. The van der Waals surface area contributed by atoms with Crippen LogP contribution in [-0.2, 0) is 10.0 Å². The number of hydrogen-bond donors (Lipinski definition) is 0. The molecule has 6 nitrogen and oxygen atoms in total. The van der Waals surface area contributed by atoms with Gasteiger partial charge in [-0.15, -0.1) is 0 Å². The predicted molar refractivity (Wildman–Crippen MR) is 123 cm³/mol. The van der Waals surface area contributed by atoms with Gasteiger partial charge in [0.1, 0.15) is 16.4 Å². The molecule has 0 atom stereocenters. The van der Waals surface area contributed by atoms with Gasteiger partial charge >= 0.3 is 0 Å². The van der Waals surface area contributed by atoms with E-state index in [4.69, 9.17) is 5.10 Å². The average Bonchev–Trinajstić information content (AvgIpc) is 3.51. The van der Waals surface area contributed by atoms with Gasteiger partial charge in [0, 0.05) is 43.6 Å². The fourth-order valence-electron chi connectivity index (χ4n) is 4.69. The number of sulfonamides is 1. The lowest BCUT2D eigenvalue weighted by Gasteiger charge is -2.35. The molecule has 0 spiro atoms. The number of halogens is 1. The SMILES string of the molecule is O=S(=O)(c1cn(C2CCCC2)nc1-c1ccccc1)N1CCN(c2ccc(F)cc2)CC1. The molecule has 2 aliphatic rings. The molecule has 3 aromatic rings. The maximum Gasteiger partial charge on any atom is 0.246 e. The molecule has 1 saturated carbocycles. The van der Waals surface area contributed by atoms with E-state index in [1.807, 2.05) is 35.0 Å². The first kappa shape index (κ1) is 21.2. The zero-order valence-corrected chi connectivity index (χ0v) is 18.7. The van der Waals surface area contributed by atoms with Crippen LogP contribution in [0.2, 0.25) is 0 Å². The van der Waals surface area contributed by atoms with E-state index in [0.29, 0.717) is 31.9 Å². The normalized spacial score (nSPS) is 18.3. The first-order valence-corrected chi connectivity index (χ1v) is 12.6. The third kappa shape index (κ3) is 4.04. The lowest BCUT2D eigenvalue weighted by molar-refractivity contribution is 0.384. The van der Waals surface area contributed by atoms with Crippen LogP contribution in [0.3, 0.4) is 0 Å². The first-order valence-electron chi connectivity index (χ1n) is 11.2. The van der Waals surface area contributed by atoms with E-state index in [0.717, 1.165) is 36.9 Å². The summed E-state index contributed by atoms with van der Waals surface area (Å²) in [5.74, 6) is -0.275. The summed E-state index contributed by atoms with van der Waals surface area (Å²) in [7, 11) is -3.70. The molecule has 5 rings (SSSR count). The molecule has 0 unspecified atom stereocenters. The lowest BCUT2D eigenvalue weighted by Crippen LogP contribution is -2.48. The fraction of sp³-hybridized carbons (Fsp3) is 0.375. The van der Waals surface area contributed by atoms with E-state index >= 15 is 0 Å². The summed E-state index contributed by atoms with van der Waals surface area (Å²) >= 11 is 0. The monoisotopic (exact) mass is 454 g/mol. The van der Waals surface area contributed by atoms with E-state index in [1.54, 1.807) is 22.6 Å². The van der Waals surface area contributed by atoms with E-state index in [1.165, 1.54) is 12.1 Å². The minimum Gasteiger partial charge on any atom is -0.369 e. The van der Waals surface area contributed by atoms with Crippen LogP contribution in [0, 0.1) is 5.82 Å². The van der Waals surface area contributed by atoms with Crippen molar-refractivity contribution in [1.82, 2.24) is 14.1 Å². The van der Waals surface area contributed by atoms with Gasteiger partial charge in [-0.2, -0.15) is 9.40 Å². The highest BCUT2D eigenvalue weighted by molar-refractivity contribution is 7.89. The summed E-state index contributed by atoms with van der Waals surface area (Å²) in [4.78, 5) is 2.37. The Bertz CT molecular complexity index is 1160. The molecular formula is C24H27FN4O2S. The fourth-order valence-corrected chi connectivity index (χ4v) is 6.26. The van der Waals surface area contributed by atoms with E-state index in [2.05, 4.69) is 4.90 Å². The number of rotatable bonds is 5. The van der Waals surface area contributed by atoms with Gasteiger partial charge in [0.25, 0.3) is 0 Å². The molecule has 168 valence electrons. The standard InChI is InChI=1S/C24H27FN4O2S/c25-20-10-12-21(13-11-20)27-14-16-28(17-15-27)32(30,31)23-18-29(22-8-4-5-9-22)26-24(23)19-6-2-1-3-7-19/h1-3,6-7,10-13,18,22H,4-5,8-9,14-17H2. The number of anilines is 1. The van der Waals surface area contributed by atoms with Crippen molar-refractivity contribution in [1.29, 1.82) is 0 Å². The molecule has 0 bridgehead atoms. The van der Waals surface area contributed by atoms with Gasteiger partial charge in [-0.05, 0) is 37.1 Å². The van der Waals surface area contributed by atoms with Crippen molar-refractivity contribution in [2.45, 2.75) is 36.6 Å². The highest BCUT2D eigenvalue weighted by Crippen LogP contribution is 2.34. The summed E-state index contributed by atoms with van der Waals surface area (Å²) in [6.45, 7) is 1.87. The topological polar surface area (TPSA) is 58.4 Å². The van der Waals surface area contributed by atoms with Gasteiger partial charge in [-0.3, -0.25) is 4.68 Å². The second-order valence-corrected chi connectivity index (χ2v) is 10.4. The van der Waals surface area contributed by atoms with E-state index in [9.17, 15) is 12.8 Å². The van der Waals surface area contributed by atoms with Crippen LogP contribution < -0.4 is 4.90 Å². The molecule has 1 aliphatic carbocycles. The number of benzene rings is 2. The van der Waals surface area contributed by atoms with Crippen molar-refractivity contribution in [2.24, 2.45) is 0 Å². The van der Waals surface area contributed by atoms with Gasteiger partial charge in [-0.1, -0.05) is 43.2 Å². The number of aromatic nitrogens is 2. The van der Waals surface area contributed by atoms with Crippen LogP contribution in [-0.4, -0.2) is 48.7 Å². The third-order valence-corrected chi connectivity index (χ3v) is 8.39. The number of nitrogens with zero attached hydrogens (tertiary/aromatic N) is 4. The summed E-state index contributed by atoms with van der Waals surface area (Å²) in [6.07, 6.45) is 6.11. The van der Waals surface area contributed by atoms with E-state index < -0.39 is 10.0 Å². The van der Waals surface area contributed by atoms with Gasteiger partial charge in [-0.25, -0.2) is 12.8 Å². The van der Waals surface area contributed by atoms with Gasteiger partial charge in [0.2, 0.25) is 10.0 Å². The number of hydrogen-bond acceptors (Lipinski definition) is 4. The third-order valence-electron chi connectivity index (χ3n) is 6.49. The second kappa shape index (κ2) is 8.67. The quantitative estimate of drug-likeness (QED) is 0.576. The highest BCUT2D eigenvalue weighted by atomic mass is 32.2. The summed E-state index contributed by atoms with van der Waals surface area (Å²) in [5, 5.41) is 4.76. The molecule has 0 N–H and O–H groups in total. The van der Waals surface area contributed by atoms with Crippen LogP contribution in [0.25, 0.3) is 11.3 Å². The van der Waals surface area contributed by atoms with Crippen molar-refractivity contribution in [3.05, 3.63) is 66.6 Å². The maximum atomic E-state index is 13.7. The summed E-state index contributed by atoms with van der Waals surface area (Å²) in [6, 6.07) is 16.1. The van der Waals surface area contributed by atoms with Crippen molar-refractivity contribution in [2.75, 3.05) is 31.1 Å². The van der Waals surface area contributed by atoms with Crippen molar-refractivity contribution < 1.29 is 12.8 Å². The zero-order valence-electron chi connectivity index (χ0n) is 17.9. The largest absolute Gasteiger partial charge is 0.369 e. The molecular weight excluding hydrogens is 427 g/mol. The first-order chi connectivity index (χ1) is 15.5. The van der Waals surface area contributed by atoms with Crippen molar-refractivity contribution >= 4 is 15.7 Å². The molecule has 2 heterocycles. The summed E-state index contributed by atoms with van der Waals surface area (Å²) < 4.78 is 44.1. The Hall–Kier alpha value is -2.71. The average molecular weight is 455 g/mol. The molecule has 1 aromatic heterocycles. The lowest BCUT2D eigenvalue weighted by atomic mass is 10.2. The molecule has 32 heavy (non-hydrogen) atoms. The Morgan fingerprint density at radius 1 is 0.875 bits per heavy atom. The van der Waals surface area contributed by atoms with Gasteiger partial charge in [0.05, 0.1) is 6.04 Å². The zero-order chi connectivity index (χ0) is 22.1. The molecule has 2 aromatic carbocycles. The minimum absolute atomic E-state index is 0.261. The van der Waals surface area contributed by atoms with Crippen molar-refractivity contribution in [3.63, 3.8) is 0 Å². The molecule has 0 amide bonds. The van der Waals surface area contributed by atoms with Gasteiger partial charge < -0.3 is 4.90 Å². The Kier molecular flexibility index (Phi) is 5.73. The van der Waals surface area contributed by atoms with Crippen molar-refractivity contribution in [3.8, 4) is 11.3 Å². The molecule has 1 aliphatic heterocycles. The van der Waals surface area contributed by atoms with Crippen LogP contribution in [0.5, 0.6) is 0 Å². The Labute approximate surface area is 188 Å².